The molecule has 1 atom stereocenters. The van der Waals surface area contributed by atoms with Gasteiger partial charge in [0.1, 0.15) is 4.88 Å². The first-order chi connectivity index (χ1) is 9.18. The van der Waals surface area contributed by atoms with E-state index >= 15 is 0 Å². The van der Waals surface area contributed by atoms with Crippen LogP contribution in [0, 0.1) is 0 Å². The SMILES string of the molecule is CC1CCc2ccccc2N1C(=O)c1sccc1Br. The van der Waals surface area contributed by atoms with Crippen LogP contribution in [0.3, 0.4) is 0 Å². The molecule has 19 heavy (non-hydrogen) atoms. The maximum absolute atomic E-state index is 12.8. The van der Waals surface area contributed by atoms with Crippen molar-refractivity contribution in [1.29, 1.82) is 0 Å². The van der Waals surface area contributed by atoms with Crippen molar-refractivity contribution in [3.8, 4) is 0 Å². The Balaban J connectivity index is 2.05. The van der Waals surface area contributed by atoms with Gasteiger partial charge in [-0.05, 0) is 58.8 Å². The van der Waals surface area contributed by atoms with E-state index in [9.17, 15) is 4.79 Å². The number of halogens is 1. The molecule has 2 heterocycles. The molecule has 2 nitrogen and oxygen atoms in total. The van der Waals surface area contributed by atoms with Gasteiger partial charge in [0.15, 0.2) is 0 Å². The largest absolute Gasteiger partial charge is 0.305 e. The van der Waals surface area contributed by atoms with Gasteiger partial charge in [0.25, 0.3) is 5.91 Å². The molecule has 0 radical (unpaired) electrons. The zero-order valence-electron chi connectivity index (χ0n) is 10.6. The van der Waals surface area contributed by atoms with E-state index < -0.39 is 0 Å². The molecule has 4 heteroatoms. The van der Waals surface area contributed by atoms with E-state index in [-0.39, 0.29) is 11.9 Å². The Morgan fingerprint density at radius 2 is 2.16 bits per heavy atom. The highest BCUT2D eigenvalue weighted by Gasteiger charge is 2.30. The molecule has 0 fully saturated rings. The van der Waals surface area contributed by atoms with Gasteiger partial charge in [-0.25, -0.2) is 0 Å². The molecule has 1 unspecified atom stereocenters. The molecule has 0 saturated carbocycles. The number of para-hydroxylation sites is 1. The van der Waals surface area contributed by atoms with E-state index in [1.54, 1.807) is 0 Å². The summed E-state index contributed by atoms with van der Waals surface area (Å²) in [4.78, 5) is 15.5. The van der Waals surface area contributed by atoms with Crippen LogP contribution in [0.5, 0.6) is 0 Å². The minimum atomic E-state index is 0.0986. The summed E-state index contributed by atoms with van der Waals surface area (Å²) in [5, 5.41) is 1.94. The van der Waals surface area contributed by atoms with Crippen molar-refractivity contribution in [2.24, 2.45) is 0 Å². The highest BCUT2D eigenvalue weighted by molar-refractivity contribution is 9.10. The fourth-order valence-corrected chi connectivity index (χ4v) is 4.03. The van der Waals surface area contributed by atoms with Crippen molar-refractivity contribution in [3.63, 3.8) is 0 Å². The molecule has 1 aliphatic heterocycles. The number of anilines is 1. The summed E-state index contributed by atoms with van der Waals surface area (Å²) in [7, 11) is 0. The molecule has 2 aromatic rings. The normalized spacial score (nSPS) is 18.2. The van der Waals surface area contributed by atoms with E-state index in [1.807, 2.05) is 34.5 Å². The summed E-state index contributed by atoms with van der Waals surface area (Å²) in [6.07, 6.45) is 2.07. The number of amides is 1. The fourth-order valence-electron chi connectivity index (χ4n) is 2.55. The third-order valence-electron chi connectivity index (χ3n) is 3.55. The number of thiophene rings is 1. The van der Waals surface area contributed by atoms with Crippen LogP contribution in [-0.2, 0) is 6.42 Å². The lowest BCUT2D eigenvalue weighted by Crippen LogP contribution is -2.41. The molecule has 1 aromatic carbocycles. The third-order valence-corrected chi connectivity index (χ3v) is 5.38. The lowest BCUT2D eigenvalue weighted by atomic mass is 9.96. The standard InChI is InChI=1S/C15H14BrNOS/c1-10-6-7-11-4-2-3-5-13(11)17(10)15(18)14-12(16)8-9-19-14/h2-5,8-10H,6-7H2,1H3. The Bertz CT molecular complexity index is 622. The number of hydrogen-bond donors (Lipinski definition) is 0. The van der Waals surface area contributed by atoms with Gasteiger partial charge < -0.3 is 4.90 Å². The van der Waals surface area contributed by atoms with Crippen LogP contribution in [0.4, 0.5) is 5.69 Å². The van der Waals surface area contributed by atoms with Crippen LogP contribution in [0.25, 0.3) is 0 Å². The molecule has 0 saturated heterocycles. The number of hydrogen-bond acceptors (Lipinski definition) is 2. The van der Waals surface area contributed by atoms with Crippen molar-refractivity contribution in [1.82, 2.24) is 0 Å². The summed E-state index contributed by atoms with van der Waals surface area (Å²) in [6.45, 7) is 2.12. The molecule has 0 bridgehead atoms. The molecule has 1 amide bonds. The van der Waals surface area contributed by atoms with Gasteiger partial charge in [0, 0.05) is 16.2 Å². The van der Waals surface area contributed by atoms with Gasteiger partial charge in [-0.3, -0.25) is 4.79 Å². The van der Waals surface area contributed by atoms with Gasteiger partial charge in [-0.15, -0.1) is 11.3 Å². The van der Waals surface area contributed by atoms with Crippen molar-refractivity contribution >= 4 is 38.9 Å². The number of carbonyl (C=O) groups excluding carboxylic acids is 1. The molecular formula is C15H14BrNOS. The quantitative estimate of drug-likeness (QED) is 0.751. The van der Waals surface area contributed by atoms with Gasteiger partial charge in [-0.2, -0.15) is 0 Å². The average molecular weight is 336 g/mol. The highest BCUT2D eigenvalue weighted by Crippen LogP contribution is 2.34. The molecule has 1 aromatic heterocycles. The predicted octanol–water partition coefficient (Wildman–Crippen LogP) is 4.49. The minimum absolute atomic E-state index is 0.0986. The zero-order valence-corrected chi connectivity index (χ0v) is 13.0. The van der Waals surface area contributed by atoms with Crippen molar-refractivity contribution in [3.05, 3.63) is 50.6 Å². The Morgan fingerprint density at radius 1 is 1.37 bits per heavy atom. The van der Waals surface area contributed by atoms with Crippen molar-refractivity contribution in [2.75, 3.05) is 4.90 Å². The highest BCUT2D eigenvalue weighted by atomic mass is 79.9. The molecule has 0 spiro atoms. The van der Waals surface area contributed by atoms with Crippen molar-refractivity contribution in [2.45, 2.75) is 25.8 Å². The summed E-state index contributed by atoms with van der Waals surface area (Å²) in [6, 6.07) is 10.4. The van der Waals surface area contributed by atoms with Gasteiger partial charge in [-0.1, -0.05) is 18.2 Å². The molecule has 0 N–H and O–H groups in total. The summed E-state index contributed by atoms with van der Waals surface area (Å²) < 4.78 is 0.887. The molecule has 1 aliphatic rings. The number of rotatable bonds is 1. The van der Waals surface area contributed by atoms with E-state index in [2.05, 4.69) is 28.9 Å². The van der Waals surface area contributed by atoms with Crippen LogP contribution in [0.15, 0.2) is 40.2 Å². The molecule has 3 rings (SSSR count). The lowest BCUT2D eigenvalue weighted by Gasteiger charge is -2.35. The first kappa shape index (κ1) is 12.9. The van der Waals surface area contributed by atoms with Gasteiger partial charge in [0.2, 0.25) is 0 Å². The second kappa shape index (κ2) is 5.10. The number of benzene rings is 1. The summed E-state index contributed by atoms with van der Waals surface area (Å²) in [5.41, 5.74) is 2.33. The number of fused-ring (bicyclic) bond motifs is 1. The molecule has 98 valence electrons. The van der Waals surface area contributed by atoms with E-state index in [4.69, 9.17) is 0 Å². The monoisotopic (exact) mass is 335 g/mol. The first-order valence-corrected chi connectivity index (χ1v) is 8.00. The Labute approximate surface area is 125 Å². The van der Waals surface area contributed by atoms with Gasteiger partial charge in [0.05, 0.1) is 0 Å². The zero-order chi connectivity index (χ0) is 13.4. The second-order valence-corrected chi connectivity index (χ2v) is 6.56. The molecule has 0 aliphatic carbocycles. The predicted molar refractivity (Wildman–Crippen MR) is 83.1 cm³/mol. The van der Waals surface area contributed by atoms with Crippen LogP contribution in [0.1, 0.15) is 28.6 Å². The van der Waals surface area contributed by atoms with Crippen molar-refractivity contribution < 1.29 is 4.79 Å². The maximum Gasteiger partial charge on any atom is 0.269 e. The van der Waals surface area contributed by atoms with E-state index in [1.165, 1.54) is 16.9 Å². The topological polar surface area (TPSA) is 20.3 Å². The second-order valence-electron chi connectivity index (χ2n) is 4.79. The summed E-state index contributed by atoms with van der Waals surface area (Å²) in [5.74, 6) is 0.0986. The molecular weight excluding hydrogens is 322 g/mol. The average Bonchev–Trinajstić information content (AvgIpc) is 2.84. The third kappa shape index (κ3) is 2.23. The maximum atomic E-state index is 12.8. The smallest absolute Gasteiger partial charge is 0.269 e. The van der Waals surface area contributed by atoms with E-state index in [0.29, 0.717) is 0 Å². The summed E-state index contributed by atoms with van der Waals surface area (Å²) >= 11 is 4.95. The minimum Gasteiger partial charge on any atom is -0.305 e. The van der Waals surface area contributed by atoms with Crippen LogP contribution >= 0.6 is 27.3 Å². The fraction of sp³-hybridized carbons (Fsp3) is 0.267. The number of aryl methyl sites for hydroxylation is 1. The number of carbonyl (C=O) groups is 1. The first-order valence-electron chi connectivity index (χ1n) is 6.33. The Hall–Kier alpha value is -1.13. The number of nitrogens with zero attached hydrogens (tertiary/aromatic N) is 1. The Kier molecular flexibility index (Phi) is 3.46. The van der Waals surface area contributed by atoms with Crippen LogP contribution in [0.2, 0.25) is 0 Å². The lowest BCUT2D eigenvalue weighted by molar-refractivity contribution is 0.0978. The van der Waals surface area contributed by atoms with Crippen LogP contribution < -0.4 is 4.90 Å². The Morgan fingerprint density at radius 3 is 2.89 bits per heavy atom. The van der Waals surface area contributed by atoms with Gasteiger partial charge >= 0.3 is 0 Å². The van der Waals surface area contributed by atoms with E-state index in [0.717, 1.165) is 27.9 Å². The van der Waals surface area contributed by atoms with Crippen LogP contribution in [-0.4, -0.2) is 11.9 Å².